The van der Waals surface area contributed by atoms with Gasteiger partial charge in [-0.25, -0.2) is 4.98 Å². The Hall–Kier alpha value is -1.85. The summed E-state index contributed by atoms with van der Waals surface area (Å²) >= 11 is 11.9. The summed E-state index contributed by atoms with van der Waals surface area (Å²) < 4.78 is 0. The maximum atomic E-state index is 10.9. The predicted molar refractivity (Wildman–Crippen MR) is 84.3 cm³/mol. The summed E-state index contributed by atoms with van der Waals surface area (Å²) in [5.41, 5.74) is 1.60. The third-order valence-electron chi connectivity index (χ3n) is 2.91. The van der Waals surface area contributed by atoms with Gasteiger partial charge in [0.1, 0.15) is 0 Å². The quantitative estimate of drug-likeness (QED) is 0.658. The molecule has 0 spiro atoms. The van der Waals surface area contributed by atoms with Crippen molar-refractivity contribution in [2.24, 2.45) is 0 Å². The number of aryl methyl sites for hydroxylation is 1. The summed E-state index contributed by atoms with van der Waals surface area (Å²) in [6, 6.07) is 8.33. The van der Waals surface area contributed by atoms with Crippen LogP contribution < -0.4 is 5.32 Å². The molecule has 0 saturated heterocycles. The number of pyridine rings is 1. The fourth-order valence-corrected chi connectivity index (χ4v) is 2.37. The zero-order valence-corrected chi connectivity index (χ0v) is 12.8. The van der Waals surface area contributed by atoms with Crippen molar-refractivity contribution in [3.05, 3.63) is 61.7 Å². The summed E-state index contributed by atoms with van der Waals surface area (Å²) in [7, 11) is 0. The van der Waals surface area contributed by atoms with E-state index >= 15 is 0 Å². The normalized spacial score (nSPS) is 10.4. The van der Waals surface area contributed by atoms with Gasteiger partial charge in [-0.05, 0) is 37.1 Å². The van der Waals surface area contributed by atoms with Gasteiger partial charge < -0.3 is 5.32 Å². The van der Waals surface area contributed by atoms with Crippen molar-refractivity contribution in [3.63, 3.8) is 0 Å². The molecule has 2 aromatic rings. The van der Waals surface area contributed by atoms with Crippen LogP contribution in [0.2, 0.25) is 10.0 Å². The lowest BCUT2D eigenvalue weighted by Crippen LogP contribution is -2.09. The molecule has 0 saturated carbocycles. The first kappa shape index (κ1) is 15.5. The summed E-state index contributed by atoms with van der Waals surface area (Å²) in [6.07, 6.45) is 0.614. The van der Waals surface area contributed by atoms with E-state index in [0.717, 1.165) is 5.56 Å². The van der Waals surface area contributed by atoms with E-state index in [4.69, 9.17) is 23.2 Å². The van der Waals surface area contributed by atoms with Crippen molar-refractivity contribution in [1.29, 1.82) is 0 Å². The Morgan fingerprint density at radius 3 is 2.71 bits per heavy atom. The molecular formula is C14H13Cl2N3O2. The molecule has 1 aromatic carbocycles. The lowest BCUT2D eigenvalue weighted by molar-refractivity contribution is -0.384. The highest BCUT2D eigenvalue weighted by atomic mass is 35.5. The SMILES string of the molecule is Cc1ccc([N+](=O)[O-])c(NCCc2ccc(Cl)cc2Cl)n1. The van der Waals surface area contributed by atoms with E-state index in [1.807, 2.05) is 6.07 Å². The fourth-order valence-electron chi connectivity index (χ4n) is 1.87. The highest BCUT2D eigenvalue weighted by Crippen LogP contribution is 2.23. The number of benzene rings is 1. The average molecular weight is 326 g/mol. The number of hydrogen-bond acceptors (Lipinski definition) is 4. The molecule has 0 atom stereocenters. The minimum atomic E-state index is -0.454. The van der Waals surface area contributed by atoms with Crippen LogP contribution in [0, 0.1) is 17.0 Å². The Morgan fingerprint density at radius 2 is 2.05 bits per heavy atom. The van der Waals surface area contributed by atoms with Crippen molar-refractivity contribution in [2.45, 2.75) is 13.3 Å². The number of aromatic nitrogens is 1. The molecule has 110 valence electrons. The first-order valence-corrected chi connectivity index (χ1v) is 7.03. The number of rotatable bonds is 5. The molecule has 0 unspecified atom stereocenters. The molecular weight excluding hydrogens is 313 g/mol. The van der Waals surface area contributed by atoms with Gasteiger partial charge in [0.15, 0.2) is 0 Å². The van der Waals surface area contributed by atoms with Gasteiger partial charge in [-0.1, -0.05) is 29.3 Å². The van der Waals surface area contributed by atoms with Gasteiger partial charge in [-0.3, -0.25) is 10.1 Å². The minimum absolute atomic E-state index is 0.0391. The Kier molecular flexibility index (Phi) is 4.98. The van der Waals surface area contributed by atoms with Gasteiger partial charge in [0.05, 0.1) is 4.92 Å². The molecule has 2 rings (SSSR count). The van der Waals surface area contributed by atoms with E-state index in [2.05, 4.69) is 10.3 Å². The Morgan fingerprint density at radius 1 is 1.29 bits per heavy atom. The summed E-state index contributed by atoms with van der Waals surface area (Å²) in [6.45, 7) is 2.27. The lowest BCUT2D eigenvalue weighted by atomic mass is 10.1. The molecule has 0 radical (unpaired) electrons. The molecule has 1 N–H and O–H groups in total. The van der Waals surface area contributed by atoms with Gasteiger partial charge in [0.2, 0.25) is 5.82 Å². The second kappa shape index (κ2) is 6.74. The molecule has 5 nitrogen and oxygen atoms in total. The Balaban J connectivity index is 2.06. The summed E-state index contributed by atoms with van der Waals surface area (Å²) in [5.74, 6) is 0.269. The summed E-state index contributed by atoms with van der Waals surface area (Å²) in [4.78, 5) is 14.6. The maximum Gasteiger partial charge on any atom is 0.311 e. The molecule has 1 aromatic heterocycles. The van der Waals surface area contributed by atoms with Crippen LogP contribution in [0.3, 0.4) is 0 Å². The van der Waals surface area contributed by atoms with Crippen molar-refractivity contribution < 1.29 is 4.92 Å². The van der Waals surface area contributed by atoms with Gasteiger partial charge in [0, 0.05) is 28.4 Å². The predicted octanol–water partition coefficient (Wildman–Crippen LogP) is 4.26. The van der Waals surface area contributed by atoms with Crippen LogP contribution in [-0.2, 0) is 6.42 Å². The van der Waals surface area contributed by atoms with Crippen LogP contribution in [-0.4, -0.2) is 16.5 Å². The maximum absolute atomic E-state index is 10.9. The third-order valence-corrected chi connectivity index (χ3v) is 3.50. The van der Waals surface area contributed by atoms with Crippen molar-refractivity contribution in [1.82, 2.24) is 4.98 Å². The average Bonchev–Trinajstić information content (AvgIpc) is 2.41. The molecule has 0 amide bonds. The van der Waals surface area contributed by atoms with Gasteiger partial charge in [0.25, 0.3) is 0 Å². The molecule has 0 bridgehead atoms. The topological polar surface area (TPSA) is 68.1 Å². The van der Waals surface area contributed by atoms with Crippen LogP contribution >= 0.6 is 23.2 Å². The van der Waals surface area contributed by atoms with E-state index in [9.17, 15) is 10.1 Å². The molecule has 0 aliphatic rings. The van der Waals surface area contributed by atoms with E-state index in [0.29, 0.717) is 28.7 Å². The van der Waals surface area contributed by atoms with Crippen LogP contribution in [0.25, 0.3) is 0 Å². The number of hydrogen-bond donors (Lipinski definition) is 1. The van der Waals surface area contributed by atoms with Crippen LogP contribution in [0.15, 0.2) is 30.3 Å². The van der Waals surface area contributed by atoms with Gasteiger partial charge >= 0.3 is 5.69 Å². The molecule has 1 heterocycles. The Bertz CT molecular complexity index is 677. The largest absolute Gasteiger partial charge is 0.364 e. The molecule has 21 heavy (non-hydrogen) atoms. The van der Waals surface area contributed by atoms with Gasteiger partial charge in [-0.2, -0.15) is 0 Å². The van der Waals surface area contributed by atoms with Crippen LogP contribution in [0.5, 0.6) is 0 Å². The van der Waals surface area contributed by atoms with E-state index < -0.39 is 4.92 Å². The minimum Gasteiger partial charge on any atom is -0.364 e. The Labute approximate surface area is 132 Å². The number of nitro groups is 1. The number of nitrogens with one attached hydrogen (secondary N) is 1. The monoisotopic (exact) mass is 325 g/mol. The van der Waals surface area contributed by atoms with Gasteiger partial charge in [-0.15, -0.1) is 0 Å². The summed E-state index contributed by atoms with van der Waals surface area (Å²) in [5, 5.41) is 15.1. The second-order valence-corrected chi connectivity index (χ2v) is 5.33. The second-order valence-electron chi connectivity index (χ2n) is 4.49. The first-order chi connectivity index (χ1) is 9.97. The number of anilines is 1. The van der Waals surface area contributed by atoms with Crippen molar-refractivity contribution >= 4 is 34.7 Å². The van der Waals surface area contributed by atoms with E-state index in [1.165, 1.54) is 6.07 Å². The molecule has 0 fully saturated rings. The number of nitrogens with zero attached hydrogens (tertiary/aromatic N) is 2. The highest BCUT2D eigenvalue weighted by Gasteiger charge is 2.14. The fraction of sp³-hybridized carbons (Fsp3) is 0.214. The molecule has 0 aliphatic carbocycles. The van der Waals surface area contributed by atoms with Crippen molar-refractivity contribution in [2.75, 3.05) is 11.9 Å². The van der Waals surface area contributed by atoms with E-state index in [1.54, 1.807) is 25.1 Å². The molecule has 0 aliphatic heterocycles. The zero-order chi connectivity index (χ0) is 15.4. The zero-order valence-electron chi connectivity index (χ0n) is 11.3. The van der Waals surface area contributed by atoms with Crippen LogP contribution in [0.1, 0.15) is 11.3 Å². The third kappa shape index (κ3) is 4.06. The molecule has 7 heteroatoms. The standard InChI is InChI=1S/C14H13Cl2N3O2/c1-9-2-5-13(19(20)21)14(18-9)17-7-6-10-3-4-11(15)8-12(10)16/h2-5,8H,6-7H2,1H3,(H,17,18). The first-order valence-electron chi connectivity index (χ1n) is 6.27. The lowest BCUT2D eigenvalue weighted by Gasteiger charge is -2.08. The van der Waals surface area contributed by atoms with E-state index in [-0.39, 0.29) is 11.5 Å². The number of halogens is 2. The van der Waals surface area contributed by atoms with Crippen molar-refractivity contribution in [3.8, 4) is 0 Å². The van der Waals surface area contributed by atoms with Crippen LogP contribution in [0.4, 0.5) is 11.5 Å². The highest BCUT2D eigenvalue weighted by molar-refractivity contribution is 6.35. The smallest absolute Gasteiger partial charge is 0.311 e.